The largest absolute Gasteiger partial charge is 0.454 e. The van der Waals surface area contributed by atoms with Crippen LogP contribution in [0.25, 0.3) is 22.8 Å². The van der Waals surface area contributed by atoms with Gasteiger partial charge in [-0.3, -0.25) is 5.10 Å². The Labute approximate surface area is 175 Å². The third kappa shape index (κ3) is 2.86. The molecule has 148 valence electrons. The Kier molecular flexibility index (Phi) is 3.88. The highest BCUT2D eigenvalue weighted by molar-refractivity contribution is 7.99. The van der Waals surface area contributed by atoms with Gasteiger partial charge in [0.15, 0.2) is 11.5 Å². The Balaban J connectivity index is 1.36. The van der Waals surface area contributed by atoms with E-state index in [1.54, 1.807) is 16.4 Å². The topological polar surface area (TPSA) is 90.2 Å². The van der Waals surface area contributed by atoms with Gasteiger partial charge in [-0.15, -0.1) is 10.2 Å². The molecule has 0 bridgehead atoms. The van der Waals surface area contributed by atoms with E-state index in [1.807, 2.05) is 24.3 Å². The van der Waals surface area contributed by atoms with Crippen molar-refractivity contribution >= 4 is 17.5 Å². The molecule has 0 saturated heterocycles. The predicted molar refractivity (Wildman–Crippen MR) is 113 cm³/mol. The molecule has 0 spiro atoms. The molecule has 2 aliphatic heterocycles. The van der Waals surface area contributed by atoms with Crippen molar-refractivity contribution in [3.8, 4) is 34.3 Å². The summed E-state index contributed by atoms with van der Waals surface area (Å²) < 4.78 is 12.7. The molecule has 0 amide bonds. The number of fused-ring (bicyclic) bond motifs is 2. The molecule has 0 aliphatic carbocycles. The number of aromatic amines is 1. The average Bonchev–Trinajstić information content (AvgIpc) is 3.52. The Hall–Kier alpha value is -3.59. The van der Waals surface area contributed by atoms with Gasteiger partial charge in [-0.25, -0.2) is 0 Å². The first-order valence-electron chi connectivity index (χ1n) is 9.43. The fourth-order valence-corrected chi connectivity index (χ4v) is 4.26. The van der Waals surface area contributed by atoms with E-state index in [4.69, 9.17) is 14.6 Å². The Morgan fingerprint density at radius 3 is 2.70 bits per heavy atom. The summed E-state index contributed by atoms with van der Waals surface area (Å²) in [5.74, 6) is 2.83. The van der Waals surface area contributed by atoms with Crippen molar-refractivity contribution in [3.63, 3.8) is 0 Å². The molecule has 0 atom stereocenters. The van der Waals surface area contributed by atoms with Gasteiger partial charge in [0.2, 0.25) is 17.8 Å². The van der Waals surface area contributed by atoms with Crippen LogP contribution in [0, 0.1) is 6.92 Å². The number of thioether (sulfide) groups is 1. The molecule has 6 rings (SSSR count). The molecule has 4 aromatic rings. The number of nitrogens with zero attached hydrogens (tertiary/aromatic N) is 5. The smallest absolute Gasteiger partial charge is 0.231 e. The van der Waals surface area contributed by atoms with Crippen molar-refractivity contribution in [1.29, 1.82) is 0 Å². The molecule has 0 radical (unpaired) electrons. The lowest BCUT2D eigenvalue weighted by Gasteiger charge is -2.13. The van der Waals surface area contributed by atoms with Gasteiger partial charge < -0.3 is 9.47 Å². The highest BCUT2D eigenvalue weighted by atomic mass is 32.2. The molecule has 2 aromatic heterocycles. The van der Waals surface area contributed by atoms with E-state index >= 15 is 0 Å². The van der Waals surface area contributed by atoms with Crippen molar-refractivity contribution in [2.75, 3.05) is 12.5 Å². The van der Waals surface area contributed by atoms with Gasteiger partial charge in [0.25, 0.3) is 0 Å². The number of aryl methyl sites for hydroxylation is 1. The third-order valence-electron chi connectivity index (χ3n) is 5.04. The van der Waals surface area contributed by atoms with E-state index < -0.39 is 0 Å². The van der Waals surface area contributed by atoms with Gasteiger partial charge in [0, 0.05) is 16.9 Å². The van der Waals surface area contributed by atoms with Crippen LogP contribution in [0.15, 0.2) is 58.8 Å². The molecule has 0 saturated carbocycles. The minimum Gasteiger partial charge on any atom is -0.454 e. The summed E-state index contributed by atoms with van der Waals surface area (Å²) in [5, 5.41) is 21.7. The second-order valence-corrected chi connectivity index (χ2v) is 8.00. The summed E-state index contributed by atoms with van der Waals surface area (Å²) >= 11 is 1.60. The minimum atomic E-state index is 0.253. The average molecular weight is 416 g/mol. The SMILES string of the molecule is Cc1ccc(-c2cc(-c3nnc4n3N=C(c3ccc5c(c3)OCO5)CS4)[nH]n2)cc1. The summed E-state index contributed by atoms with van der Waals surface area (Å²) in [6.07, 6.45) is 0. The summed E-state index contributed by atoms with van der Waals surface area (Å²) in [6.45, 7) is 2.32. The Morgan fingerprint density at radius 1 is 0.967 bits per heavy atom. The monoisotopic (exact) mass is 416 g/mol. The molecule has 4 heterocycles. The summed E-state index contributed by atoms with van der Waals surface area (Å²) in [5.41, 5.74) is 5.78. The van der Waals surface area contributed by atoms with Crippen molar-refractivity contribution in [2.24, 2.45) is 5.10 Å². The number of nitrogens with one attached hydrogen (secondary N) is 1. The number of ether oxygens (including phenoxy) is 2. The van der Waals surface area contributed by atoms with Gasteiger partial charge in [0.05, 0.1) is 11.4 Å². The van der Waals surface area contributed by atoms with Crippen LogP contribution in [0.4, 0.5) is 0 Å². The second kappa shape index (κ2) is 6.74. The number of rotatable bonds is 3. The molecule has 0 fully saturated rings. The fraction of sp³-hybridized carbons (Fsp3) is 0.143. The molecule has 0 unspecified atom stereocenters. The van der Waals surface area contributed by atoms with Crippen LogP contribution >= 0.6 is 11.8 Å². The standard InChI is InChI=1S/C21H16N6O2S/c1-12-2-4-13(5-3-12)15-9-16(23-22-15)20-24-25-21-27(20)26-17(10-30-21)14-6-7-18-19(8-14)29-11-28-18/h2-9H,10-11H2,1H3,(H,22,23). The third-order valence-corrected chi connectivity index (χ3v) is 5.97. The number of hydrogen-bond donors (Lipinski definition) is 1. The molecular weight excluding hydrogens is 400 g/mol. The lowest BCUT2D eigenvalue weighted by Crippen LogP contribution is -2.13. The quantitative estimate of drug-likeness (QED) is 0.547. The lowest BCUT2D eigenvalue weighted by molar-refractivity contribution is 0.174. The van der Waals surface area contributed by atoms with E-state index in [9.17, 15) is 0 Å². The Morgan fingerprint density at radius 2 is 1.80 bits per heavy atom. The van der Waals surface area contributed by atoms with Crippen LogP contribution in [0.1, 0.15) is 11.1 Å². The first-order valence-corrected chi connectivity index (χ1v) is 10.4. The van der Waals surface area contributed by atoms with Crippen LogP contribution in [0.5, 0.6) is 11.5 Å². The molecule has 8 nitrogen and oxygen atoms in total. The van der Waals surface area contributed by atoms with E-state index in [1.165, 1.54) is 5.56 Å². The lowest BCUT2D eigenvalue weighted by atomic mass is 10.1. The number of hydrogen-bond acceptors (Lipinski definition) is 7. The van der Waals surface area contributed by atoms with E-state index in [0.717, 1.165) is 44.9 Å². The van der Waals surface area contributed by atoms with Crippen LogP contribution in [-0.4, -0.2) is 43.3 Å². The summed E-state index contributed by atoms with van der Waals surface area (Å²) in [7, 11) is 0. The number of aromatic nitrogens is 5. The molecule has 30 heavy (non-hydrogen) atoms. The van der Waals surface area contributed by atoms with Gasteiger partial charge in [-0.2, -0.15) is 14.9 Å². The van der Waals surface area contributed by atoms with Crippen molar-refractivity contribution in [3.05, 3.63) is 59.7 Å². The highest BCUT2D eigenvalue weighted by Crippen LogP contribution is 2.34. The summed E-state index contributed by atoms with van der Waals surface area (Å²) in [4.78, 5) is 0. The predicted octanol–water partition coefficient (Wildman–Crippen LogP) is 3.73. The molecular formula is C21H16N6O2S. The normalized spacial score (nSPS) is 14.5. The highest BCUT2D eigenvalue weighted by Gasteiger charge is 2.23. The zero-order valence-electron chi connectivity index (χ0n) is 16.0. The van der Waals surface area contributed by atoms with E-state index in [-0.39, 0.29) is 6.79 Å². The molecule has 1 N–H and O–H groups in total. The van der Waals surface area contributed by atoms with Crippen LogP contribution in [-0.2, 0) is 0 Å². The molecule has 2 aliphatic rings. The van der Waals surface area contributed by atoms with E-state index in [2.05, 4.69) is 51.6 Å². The van der Waals surface area contributed by atoms with Gasteiger partial charge >= 0.3 is 0 Å². The molecule has 9 heteroatoms. The van der Waals surface area contributed by atoms with Crippen molar-refractivity contribution < 1.29 is 9.47 Å². The number of benzene rings is 2. The maximum Gasteiger partial charge on any atom is 0.231 e. The first kappa shape index (κ1) is 17.3. The fourth-order valence-electron chi connectivity index (χ4n) is 3.42. The zero-order chi connectivity index (χ0) is 20.1. The summed E-state index contributed by atoms with van der Waals surface area (Å²) in [6, 6.07) is 16.1. The zero-order valence-corrected chi connectivity index (χ0v) is 16.8. The maximum atomic E-state index is 5.50. The minimum absolute atomic E-state index is 0.253. The second-order valence-electron chi connectivity index (χ2n) is 7.05. The van der Waals surface area contributed by atoms with E-state index in [0.29, 0.717) is 11.6 Å². The van der Waals surface area contributed by atoms with Gasteiger partial charge in [-0.1, -0.05) is 41.6 Å². The maximum absolute atomic E-state index is 5.50. The van der Waals surface area contributed by atoms with Crippen molar-refractivity contribution in [2.45, 2.75) is 12.1 Å². The van der Waals surface area contributed by atoms with Crippen LogP contribution in [0.3, 0.4) is 0 Å². The van der Waals surface area contributed by atoms with Gasteiger partial charge in [-0.05, 0) is 31.2 Å². The Bertz CT molecular complexity index is 1290. The van der Waals surface area contributed by atoms with Crippen LogP contribution in [0.2, 0.25) is 0 Å². The molecule has 2 aromatic carbocycles. The number of H-pyrrole nitrogens is 1. The first-order chi connectivity index (χ1) is 14.7. The van der Waals surface area contributed by atoms with Crippen LogP contribution < -0.4 is 9.47 Å². The van der Waals surface area contributed by atoms with Gasteiger partial charge in [0.1, 0.15) is 5.69 Å². The van der Waals surface area contributed by atoms with Crippen molar-refractivity contribution in [1.82, 2.24) is 25.1 Å².